The van der Waals surface area contributed by atoms with Gasteiger partial charge in [0.05, 0.1) is 11.2 Å². The predicted molar refractivity (Wildman–Crippen MR) is 58.2 cm³/mol. The third kappa shape index (κ3) is 3.99. The molecule has 0 heterocycles. The van der Waals surface area contributed by atoms with Crippen molar-refractivity contribution in [1.82, 2.24) is 0 Å². The van der Waals surface area contributed by atoms with Gasteiger partial charge in [-0.25, -0.2) is 0 Å². The Balaban J connectivity index is 4.07. The van der Waals surface area contributed by atoms with Crippen LogP contribution in [0, 0.1) is 0 Å². The zero-order valence-electron chi connectivity index (χ0n) is 10.4. The van der Waals surface area contributed by atoms with E-state index in [-0.39, 0.29) is 11.7 Å². The van der Waals surface area contributed by atoms with Gasteiger partial charge in [-0.2, -0.15) is 0 Å². The van der Waals surface area contributed by atoms with E-state index in [4.69, 9.17) is 14.0 Å². The molecule has 0 fully saturated rings. The third-order valence-electron chi connectivity index (χ3n) is 2.63. The summed E-state index contributed by atoms with van der Waals surface area (Å²) in [5.74, 6) is 0. The minimum atomic E-state index is -0.420. The monoisotopic (exact) mass is 201 g/mol. The number of rotatable bonds is 6. The van der Waals surface area contributed by atoms with Crippen LogP contribution < -0.4 is 0 Å². The van der Waals surface area contributed by atoms with Gasteiger partial charge in [0.15, 0.2) is 0 Å². The number of hydrogen-bond donors (Lipinski definition) is 0. The van der Waals surface area contributed by atoms with Crippen molar-refractivity contribution in [3.05, 3.63) is 0 Å². The molecule has 0 N–H and O–H groups in total. The Morgan fingerprint density at radius 3 is 1.86 bits per heavy atom. The zero-order chi connectivity index (χ0) is 11.4. The lowest BCUT2D eigenvalue weighted by Gasteiger charge is -2.40. The summed E-state index contributed by atoms with van der Waals surface area (Å²) in [5, 5.41) is 0. The Bertz CT molecular complexity index is 167. The van der Waals surface area contributed by atoms with Crippen LogP contribution in [0.1, 0.15) is 41.5 Å². The maximum Gasteiger partial charge on any atom is 0.488 e. The lowest BCUT2D eigenvalue weighted by Crippen LogP contribution is -2.49. The van der Waals surface area contributed by atoms with E-state index in [9.17, 15) is 0 Å². The van der Waals surface area contributed by atoms with Crippen LogP contribution in [0.5, 0.6) is 0 Å². The van der Waals surface area contributed by atoms with Gasteiger partial charge in [0.1, 0.15) is 0 Å². The first kappa shape index (κ1) is 13.9. The lowest BCUT2D eigenvalue weighted by atomic mass is 9.88. The van der Waals surface area contributed by atoms with E-state index in [1.807, 2.05) is 41.5 Å². The van der Waals surface area contributed by atoms with Gasteiger partial charge in [-0.1, -0.05) is 0 Å². The number of methoxy groups -OCH3 is 1. The van der Waals surface area contributed by atoms with Crippen LogP contribution in [0.2, 0.25) is 0 Å². The molecule has 0 bridgehead atoms. The summed E-state index contributed by atoms with van der Waals surface area (Å²) in [6.45, 7) is 11.8. The van der Waals surface area contributed by atoms with Gasteiger partial charge in [-0.3, -0.25) is 0 Å². The van der Waals surface area contributed by atoms with E-state index in [2.05, 4.69) is 0 Å². The SMILES string of the molecule is COC(C)(C)C(C)(C)O[B]OC(C)C. The van der Waals surface area contributed by atoms with Gasteiger partial charge < -0.3 is 14.0 Å². The predicted octanol–water partition coefficient (Wildman–Crippen LogP) is 2.17. The Kier molecular flexibility index (Phi) is 5.13. The molecular weight excluding hydrogens is 179 g/mol. The first-order chi connectivity index (χ1) is 6.23. The summed E-state index contributed by atoms with van der Waals surface area (Å²) in [6.07, 6.45) is 0.136. The molecular formula is C10H22BO3. The lowest BCUT2D eigenvalue weighted by molar-refractivity contribution is -0.121. The largest absolute Gasteiger partial charge is 0.488 e. The topological polar surface area (TPSA) is 27.7 Å². The van der Waals surface area contributed by atoms with Crippen molar-refractivity contribution in [1.29, 1.82) is 0 Å². The first-order valence-corrected chi connectivity index (χ1v) is 4.93. The average molecular weight is 201 g/mol. The summed E-state index contributed by atoms with van der Waals surface area (Å²) >= 11 is 0. The van der Waals surface area contributed by atoms with Gasteiger partial charge in [0.2, 0.25) is 0 Å². The molecule has 0 amide bonds. The van der Waals surface area contributed by atoms with Crippen molar-refractivity contribution < 1.29 is 14.0 Å². The maximum atomic E-state index is 5.52. The highest BCUT2D eigenvalue weighted by Crippen LogP contribution is 2.27. The minimum absolute atomic E-state index is 0.136. The summed E-state index contributed by atoms with van der Waals surface area (Å²) in [5.41, 5.74) is -0.777. The molecule has 0 saturated carbocycles. The summed E-state index contributed by atoms with van der Waals surface area (Å²) < 4.78 is 16.1. The Morgan fingerprint density at radius 2 is 1.50 bits per heavy atom. The second-order valence-corrected chi connectivity index (χ2v) is 4.62. The summed E-state index contributed by atoms with van der Waals surface area (Å²) in [4.78, 5) is 0. The van der Waals surface area contributed by atoms with Crippen molar-refractivity contribution in [3.8, 4) is 0 Å². The van der Waals surface area contributed by atoms with E-state index in [1.165, 1.54) is 7.69 Å². The normalized spacial score (nSPS) is 13.4. The molecule has 4 heteroatoms. The second-order valence-electron chi connectivity index (χ2n) is 4.62. The molecule has 0 aliphatic carbocycles. The first-order valence-electron chi connectivity index (χ1n) is 4.93. The Labute approximate surface area is 88.4 Å². The Morgan fingerprint density at radius 1 is 1.00 bits per heavy atom. The number of hydrogen-bond acceptors (Lipinski definition) is 3. The van der Waals surface area contributed by atoms with E-state index in [0.29, 0.717) is 0 Å². The molecule has 0 spiro atoms. The Hall–Kier alpha value is -0.0551. The molecule has 0 aromatic carbocycles. The summed E-state index contributed by atoms with van der Waals surface area (Å²) in [7, 11) is 3.07. The van der Waals surface area contributed by atoms with E-state index >= 15 is 0 Å². The highest BCUT2D eigenvalue weighted by Gasteiger charge is 2.38. The van der Waals surface area contributed by atoms with Crippen LogP contribution in [0.3, 0.4) is 0 Å². The average Bonchev–Trinajstić information content (AvgIpc) is 2.03. The van der Waals surface area contributed by atoms with Crippen LogP contribution in [-0.4, -0.2) is 32.1 Å². The number of ether oxygens (including phenoxy) is 1. The van der Waals surface area contributed by atoms with Gasteiger partial charge in [-0.15, -0.1) is 0 Å². The molecule has 0 aromatic rings. The molecule has 83 valence electrons. The van der Waals surface area contributed by atoms with E-state index < -0.39 is 5.60 Å². The van der Waals surface area contributed by atoms with Crippen molar-refractivity contribution >= 4 is 7.69 Å². The van der Waals surface area contributed by atoms with E-state index in [1.54, 1.807) is 7.11 Å². The quantitative estimate of drug-likeness (QED) is 0.616. The van der Waals surface area contributed by atoms with Gasteiger partial charge in [-0.05, 0) is 41.5 Å². The molecule has 1 radical (unpaired) electrons. The molecule has 0 aliphatic heterocycles. The molecule has 0 aromatic heterocycles. The third-order valence-corrected chi connectivity index (χ3v) is 2.63. The molecule has 3 nitrogen and oxygen atoms in total. The fraction of sp³-hybridized carbons (Fsp3) is 1.00. The molecule has 14 heavy (non-hydrogen) atoms. The molecule has 0 atom stereocenters. The van der Waals surface area contributed by atoms with Crippen molar-refractivity contribution in [2.24, 2.45) is 0 Å². The fourth-order valence-electron chi connectivity index (χ4n) is 0.647. The van der Waals surface area contributed by atoms with E-state index in [0.717, 1.165) is 0 Å². The van der Waals surface area contributed by atoms with Gasteiger partial charge in [0.25, 0.3) is 0 Å². The smallest absolute Gasteiger partial charge is 0.411 e. The van der Waals surface area contributed by atoms with Crippen LogP contribution in [0.15, 0.2) is 0 Å². The van der Waals surface area contributed by atoms with Crippen molar-refractivity contribution in [2.75, 3.05) is 7.11 Å². The second kappa shape index (κ2) is 5.15. The maximum absolute atomic E-state index is 5.52. The minimum Gasteiger partial charge on any atom is -0.411 e. The van der Waals surface area contributed by atoms with Crippen LogP contribution in [-0.2, 0) is 14.0 Å². The molecule has 0 rings (SSSR count). The van der Waals surface area contributed by atoms with Crippen LogP contribution in [0.4, 0.5) is 0 Å². The van der Waals surface area contributed by atoms with Gasteiger partial charge >= 0.3 is 7.69 Å². The molecule has 0 unspecified atom stereocenters. The highest BCUT2D eigenvalue weighted by atomic mass is 16.6. The zero-order valence-corrected chi connectivity index (χ0v) is 10.4. The van der Waals surface area contributed by atoms with Crippen molar-refractivity contribution in [3.63, 3.8) is 0 Å². The fourth-order valence-corrected chi connectivity index (χ4v) is 0.647. The molecule has 0 aliphatic rings. The summed E-state index contributed by atoms with van der Waals surface area (Å²) in [6, 6.07) is 0. The molecule has 0 saturated heterocycles. The van der Waals surface area contributed by atoms with Crippen LogP contribution in [0.25, 0.3) is 0 Å². The van der Waals surface area contributed by atoms with Crippen molar-refractivity contribution in [2.45, 2.75) is 58.8 Å². The van der Waals surface area contributed by atoms with Crippen LogP contribution >= 0.6 is 0 Å². The standard InChI is InChI=1S/C10H22BO3/c1-8(2)13-11-14-10(5,6)9(3,4)12-7/h8H,1-7H3. The highest BCUT2D eigenvalue weighted by molar-refractivity contribution is 6.18. The van der Waals surface area contributed by atoms with Gasteiger partial charge in [0, 0.05) is 13.2 Å².